The first-order chi connectivity index (χ1) is 15.8. The van der Waals surface area contributed by atoms with Gasteiger partial charge in [-0.1, -0.05) is 24.3 Å². The first kappa shape index (κ1) is 25.9. The van der Waals surface area contributed by atoms with E-state index in [0.29, 0.717) is 36.3 Å². The van der Waals surface area contributed by atoms with Crippen LogP contribution in [0.1, 0.15) is 39.9 Å². The Labute approximate surface area is 195 Å². The predicted octanol–water partition coefficient (Wildman–Crippen LogP) is 3.68. The minimum atomic E-state index is -1.40. The van der Waals surface area contributed by atoms with Crippen molar-refractivity contribution in [2.75, 3.05) is 41.5 Å². The number of ether oxygens (including phenoxy) is 3. The molecule has 0 bridgehead atoms. The first-order valence-corrected chi connectivity index (χ1v) is 10.8. The van der Waals surface area contributed by atoms with Crippen LogP contribution in [0.2, 0.25) is 0 Å². The number of methoxy groups -OCH3 is 3. The topological polar surface area (TPSA) is 88.9 Å². The maximum Gasteiger partial charge on any atom is 0.337 e. The highest BCUT2D eigenvalue weighted by atomic mass is 16.5. The Bertz CT molecular complexity index is 1010. The van der Waals surface area contributed by atoms with Gasteiger partial charge in [-0.05, 0) is 74.7 Å². The molecule has 176 valence electrons. The first-order valence-electron chi connectivity index (χ1n) is 10.8. The van der Waals surface area contributed by atoms with Crippen molar-refractivity contribution in [1.82, 2.24) is 4.90 Å². The molecule has 2 aromatic rings. The summed E-state index contributed by atoms with van der Waals surface area (Å²) in [6, 6.07) is 15.0. The predicted molar refractivity (Wildman–Crippen MR) is 125 cm³/mol. The summed E-state index contributed by atoms with van der Waals surface area (Å²) in [5.41, 5.74) is 1.67. The molecule has 0 amide bonds. The van der Waals surface area contributed by atoms with E-state index < -0.39 is 11.4 Å². The lowest BCUT2D eigenvalue weighted by molar-refractivity contribution is -0.145. The van der Waals surface area contributed by atoms with Crippen molar-refractivity contribution in [3.8, 4) is 11.8 Å². The Balaban J connectivity index is 2.04. The number of carbonyl (C=O) groups excluding carboxylic acids is 2. The Morgan fingerprint density at radius 1 is 1.06 bits per heavy atom. The molecule has 2 rings (SSSR count). The van der Waals surface area contributed by atoms with Crippen LogP contribution >= 0.6 is 0 Å². The van der Waals surface area contributed by atoms with E-state index in [9.17, 15) is 14.9 Å². The average Bonchev–Trinajstić information content (AvgIpc) is 2.85. The molecular formula is C26H32N2O5. The van der Waals surface area contributed by atoms with Gasteiger partial charge in [0.2, 0.25) is 0 Å². The fourth-order valence-corrected chi connectivity index (χ4v) is 3.81. The summed E-state index contributed by atoms with van der Waals surface area (Å²) >= 11 is 0. The van der Waals surface area contributed by atoms with Crippen LogP contribution < -0.4 is 4.74 Å². The summed E-state index contributed by atoms with van der Waals surface area (Å²) < 4.78 is 15.2. The van der Waals surface area contributed by atoms with Gasteiger partial charge in [0.05, 0.1) is 33.0 Å². The number of carbonyl (C=O) groups is 2. The van der Waals surface area contributed by atoms with E-state index in [1.165, 1.54) is 14.2 Å². The number of nitriles is 1. The number of rotatable bonds is 11. The monoisotopic (exact) mass is 452 g/mol. The van der Waals surface area contributed by atoms with Crippen molar-refractivity contribution < 1.29 is 23.8 Å². The molecule has 0 aliphatic carbocycles. The van der Waals surface area contributed by atoms with Gasteiger partial charge in [0.15, 0.2) is 5.41 Å². The Hall–Kier alpha value is -3.37. The molecule has 0 fully saturated rings. The fourth-order valence-electron chi connectivity index (χ4n) is 3.81. The zero-order valence-corrected chi connectivity index (χ0v) is 20.0. The number of aryl methyl sites for hydroxylation is 1. The van der Waals surface area contributed by atoms with E-state index in [0.717, 1.165) is 24.1 Å². The summed E-state index contributed by atoms with van der Waals surface area (Å²) in [6.45, 7) is 3.37. The summed E-state index contributed by atoms with van der Waals surface area (Å²) in [4.78, 5) is 26.6. The number of benzene rings is 2. The van der Waals surface area contributed by atoms with Crippen molar-refractivity contribution in [3.63, 3.8) is 0 Å². The normalized spacial score (nSPS) is 12.5. The van der Waals surface area contributed by atoms with E-state index >= 15 is 0 Å². The van der Waals surface area contributed by atoms with Crippen LogP contribution in [0.4, 0.5) is 0 Å². The molecule has 0 radical (unpaired) electrons. The van der Waals surface area contributed by atoms with Crippen molar-refractivity contribution in [2.45, 2.75) is 31.6 Å². The molecule has 7 nitrogen and oxygen atoms in total. The second-order valence-electron chi connectivity index (χ2n) is 8.04. The lowest BCUT2D eigenvalue weighted by Crippen LogP contribution is -2.36. The molecular weight excluding hydrogens is 420 g/mol. The Morgan fingerprint density at radius 2 is 1.82 bits per heavy atom. The SMILES string of the molecule is COC(=O)c1cccc(CCN(C)CCCC(C#N)(C(=O)OC)c2ccc(C)c(OC)c2)c1. The van der Waals surface area contributed by atoms with E-state index in [1.807, 2.05) is 38.2 Å². The minimum absolute atomic E-state index is 0.324. The minimum Gasteiger partial charge on any atom is -0.496 e. The van der Waals surface area contributed by atoms with E-state index in [1.54, 1.807) is 25.3 Å². The molecule has 1 atom stereocenters. The second-order valence-corrected chi connectivity index (χ2v) is 8.04. The van der Waals surface area contributed by atoms with Crippen molar-refractivity contribution in [3.05, 3.63) is 64.7 Å². The summed E-state index contributed by atoms with van der Waals surface area (Å²) in [6.07, 6.45) is 1.71. The summed E-state index contributed by atoms with van der Waals surface area (Å²) in [5.74, 6) is -0.297. The van der Waals surface area contributed by atoms with Gasteiger partial charge < -0.3 is 19.1 Å². The molecule has 0 aromatic heterocycles. The average molecular weight is 453 g/mol. The molecule has 0 saturated heterocycles. The number of esters is 2. The molecule has 1 unspecified atom stereocenters. The van der Waals surface area contributed by atoms with Crippen molar-refractivity contribution in [1.29, 1.82) is 5.26 Å². The van der Waals surface area contributed by atoms with E-state index in [-0.39, 0.29) is 5.97 Å². The molecule has 0 heterocycles. The molecule has 33 heavy (non-hydrogen) atoms. The summed E-state index contributed by atoms with van der Waals surface area (Å²) in [5, 5.41) is 10.0. The van der Waals surface area contributed by atoms with Gasteiger partial charge in [-0.2, -0.15) is 5.26 Å². The quantitative estimate of drug-likeness (QED) is 0.481. The summed E-state index contributed by atoms with van der Waals surface area (Å²) in [7, 11) is 6.22. The number of hydrogen-bond acceptors (Lipinski definition) is 7. The lowest BCUT2D eigenvalue weighted by Gasteiger charge is -2.26. The molecule has 7 heteroatoms. The van der Waals surface area contributed by atoms with Gasteiger partial charge >= 0.3 is 11.9 Å². The van der Waals surface area contributed by atoms with E-state index in [4.69, 9.17) is 14.2 Å². The molecule has 0 aliphatic heterocycles. The van der Waals surface area contributed by atoms with Crippen LogP contribution in [-0.2, 0) is 26.1 Å². The third-order valence-corrected chi connectivity index (χ3v) is 5.85. The van der Waals surface area contributed by atoms with Crippen LogP contribution in [0.15, 0.2) is 42.5 Å². The number of nitrogens with zero attached hydrogens (tertiary/aromatic N) is 2. The van der Waals surface area contributed by atoms with Crippen LogP contribution in [0.5, 0.6) is 5.75 Å². The van der Waals surface area contributed by atoms with Crippen molar-refractivity contribution >= 4 is 11.9 Å². The highest BCUT2D eigenvalue weighted by Crippen LogP contribution is 2.34. The zero-order valence-electron chi connectivity index (χ0n) is 20.0. The fraction of sp³-hybridized carbons (Fsp3) is 0.423. The van der Waals surface area contributed by atoms with E-state index in [2.05, 4.69) is 11.0 Å². The largest absolute Gasteiger partial charge is 0.496 e. The van der Waals surface area contributed by atoms with Gasteiger partial charge in [-0.15, -0.1) is 0 Å². The number of hydrogen-bond donors (Lipinski definition) is 0. The number of likely N-dealkylation sites (N-methyl/N-ethyl adjacent to an activating group) is 1. The van der Waals surface area contributed by atoms with Crippen molar-refractivity contribution in [2.24, 2.45) is 0 Å². The molecule has 0 saturated carbocycles. The standard InChI is InChI=1S/C26H32N2O5/c1-19-10-11-22(17-23(19)31-3)26(18-27,25(30)33-5)13-7-14-28(2)15-12-20-8-6-9-21(16-20)24(29)32-4/h6,8-11,16-17H,7,12-15H2,1-5H3. The zero-order chi connectivity index (χ0) is 24.4. The van der Waals surface area contributed by atoms with Gasteiger partial charge in [-0.25, -0.2) is 9.59 Å². The second kappa shape index (κ2) is 12.0. The van der Waals surface area contributed by atoms with Crippen LogP contribution in [0.25, 0.3) is 0 Å². The lowest BCUT2D eigenvalue weighted by atomic mass is 9.77. The molecule has 2 aromatic carbocycles. The highest BCUT2D eigenvalue weighted by Gasteiger charge is 2.42. The molecule has 0 N–H and O–H groups in total. The van der Waals surface area contributed by atoms with Crippen LogP contribution in [0.3, 0.4) is 0 Å². The van der Waals surface area contributed by atoms with Crippen LogP contribution in [-0.4, -0.2) is 58.3 Å². The van der Waals surface area contributed by atoms with Gasteiger partial charge in [0, 0.05) is 6.54 Å². The van der Waals surface area contributed by atoms with Gasteiger partial charge in [0.25, 0.3) is 0 Å². The molecule has 0 aliphatic rings. The third-order valence-electron chi connectivity index (χ3n) is 5.85. The smallest absolute Gasteiger partial charge is 0.337 e. The maximum absolute atomic E-state index is 12.7. The highest BCUT2D eigenvalue weighted by molar-refractivity contribution is 5.89. The van der Waals surface area contributed by atoms with Gasteiger partial charge in [0.1, 0.15) is 5.75 Å². The maximum atomic E-state index is 12.7. The third kappa shape index (κ3) is 6.33. The van der Waals surface area contributed by atoms with Crippen LogP contribution in [0, 0.1) is 18.3 Å². The van der Waals surface area contributed by atoms with Gasteiger partial charge in [-0.3, -0.25) is 0 Å². The Morgan fingerprint density at radius 3 is 2.45 bits per heavy atom. The molecule has 0 spiro atoms. The Kier molecular flexibility index (Phi) is 9.43.